The molecule has 2 rings (SSSR count). The first-order valence-corrected chi connectivity index (χ1v) is 5.81. The van der Waals surface area contributed by atoms with Gasteiger partial charge in [-0.15, -0.1) is 0 Å². The third-order valence-electron chi connectivity index (χ3n) is 3.10. The van der Waals surface area contributed by atoms with Crippen LogP contribution in [0.15, 0.2) is 24.3 Å². The molecule has 1 heterocycles. The molecule has 1 N–H and O–H groups in total. The number of carbonyl (C=O) groups excluding carboxylic acids is 1. The van der Waals surface area contributed by atoms with Crippen molar-refractivity contribution in [1.82, 2.24) is 4.90 Å². The number of amides is 1. The van der Waals surface area contributed by atoms with E-state index in [1.807, 2.05) is 24.3 Å². The molecule has 0 spiro atoms. The Morgan fingerprint density at radius 2 is 2.12 bits per heavy atom. The maximum atomic E-state index is 11.5. The number of hydrogen-bond acceptors (Lipinski definition) is 3. The summed E-state index contributed by atoms with van der Waals surface area (Å²) in [6, 6.07) is 7.76. The van der Waals surface area contributed by atoms with Gasteiger partial charge in [-0.05, 0) is 24.1 Å². The van der Waals surface area contributed by atoms with Crippen LogP contribution in [0.5, 0.6) is 5.75 Å². The van der Waals surface area contributed by atoms with Crippen molar-refractivity contribution in [2.45, 2.75) is 25.5 Å². The van der Waals surface area contributed by atoms with E-state index in [1.54, 1.807) is 12.0 Å². The van der Waals surface area contributed by atoms with Crippen LogP contribution in [-0.2, 0) is 11.2 Å². The Morgan fingerprint density at radius 3 is 2.65 bits per heavy atom. The summed E-state index contributed by atoms with van der Waals surface area (Å²) in [6.45, 7) is 0.576. The lowest BCUT2D eigenvalue weighted by Crippen LogP contribution is -2.34. The van der Waals surface area contributed by atoms with E-state index in [-0.39, 0.29) is 5.91 Å². The summed E-state index contributed by atoms with van der Waals surface area (Å²) in [5.74, 6) is 0.872. The van der Waals surface area contributed by atoms with Crippen LogP contribution in [0.25, 0.3) is 0 Å². The van der Waals surface area contributed by atoms with E-state index in [1.165, 1.54) is 0 Å². The lowest BCUT2D eigenvalue weighted by Gasteiger charge is -2.20. The number of hydrogen-bond donors (Lipinski definition) is 1. The highest BCUT2D eigenvalue weighted by molar-refractivity contribution is 5.78. The van der Waals surface area contributed by atoms with Crippen LogP contribution in [0, 0.1) is 0 Å². The average Bonchev–Trinajstić information content (AvgIpc) is 2.67. The molecule has 1 aliphatic rings. The van der Waals surface area contributed by atoms with Gasteiger partial charge in [0.25, 0.3) is 0 Å². The van der Waals surface area contributed by atoms with Crippen LogP contribution in [0.4, 0.5) is 0 Å². The Balaban J connectivity index is 1.90. The lowest BCUT2D eigenvalue weighted by atomic mass is 10.1. The summed E-state index contributed by atoms with van der Waals surface area (Å²) >= 11 is 0. The van der Waals surface area contributed by atoms with E-state index in [2.05, 4.69) is 0 Å². The van der Waals surface area contributed by atoms with Gasteiger partial charge in [-0.3, -0.25) is 4.79 Å². The van der Waals surface area contributed by atoms with Gasteiger partial charge >= 0.3 is 0 Å². The van der Waals surface area contributed by atoms with Gasteiger partial charge in [0.15, 0.2) is 0 Å². The van der Waals surface area contributed by atoms with Crippen molar-refractivity contribution in [2.75, 3.05) is 13.7 Å². The minimum atomic E-state index is -0.597. The van der Waals surface area contributed by atoms with E-state index in [9.17, 15) is 9.90 Å². The molecule has 0 aliphatic carbocycles. The molecule has 1 atom stereocenters. The van der Waals surface area contributed by atoms with Crippen molar-refractivity contribution in [3.8, 4) is 5.75 Å². The minimum absolute atomic E-state index is 0.0472. The quantitative estimate of drug-likeness (QED) is 0.852. The monoisotopic (exact) mass is 235 g/mol. The highest BCUT2D eigenvalue weighted by atomic mass is 16.5. The second-order valence-electron chi connectivity index (χ2n) is 4.20. The standard InChI is InChI=1S/C13H17NO3/c1-17-11-4-2-10(3-5-11)8-9-14-12(15)6-7-13(14)16/h2-5,12,15H,6-9H2,1H3. The Bertz CT molecular complexity index is 388. The van der Waals surface area contributed by atoms with Crippen LogP contribution >= 0.6 is 0 Å². The molecular formula is C13H17NO3. The fourth-order valence-corrected chi connectivity index (χ4v) is 2.03. The Labute approximate surface area is 101 Å². The molecule has 0 bridgehead atoms. The first kappa shape index (κ1) is 11.9. The third kappa shape index (κ3) is 2.77. The van der Waals surface area contributed by atoms with Gasteiger partial charge in [0.1, 0.15) is 12.0 Å². The van der Waals surface area contributed by atoms with Crippen LogP contribution in [-0.4, -0.2) is 35.8 Å². The summed E-state index contributed by atoms with van der Waals surface area (Å²) in [4.78, 5) is 13.0. The molecular weight excluding hydrogens is 218 g/mol. The van der Waals surface area contributed by atoms with Crippen LogP contribution in [0.2, 0.25) is 0 Å². The van der Waals surface area contributed by atoms with Crippen molar-refractivity contribution < 1.29 is 14.6 Å². The van der Waals surface area contributed by atoms with Crippen molar-refractivity contribution in [2.24, 2.45) is 0 Å². The van der Waals surface area contributed by atoms with E-state index in [4.69, 9.17) is 4.74 Å². The van der Waals surface area contributed by atoms with E-state index in [0.29, 0.717) is 19.4 Å². The summed E-state index contributed by atoms with van der Waals surface area (Å²) in [6.07, 6.45) is 1.18. The highest BCUT2D eigenvalue weighted by Gasteiger charge is 2.28. The first-order chi connectivity index (χ1) is 8.20. The van der Waals surface area contributed by atoms with Crippen LogP contribution in [0.1, 0.15) is 18.4 Å². The number of benzene rings is 1. The molecule has 0 radical (unpaired) electrons. The Hall–Kier alpha value is -1.55. The van der Waals surface area contributed by atoms with Crippen molar-refractivity contribution in [1.29, 1.82) is 0 Å². The number of aliphatic hydroxyl groups excluding tert-OH is 1. The molecule has 92 valence electrons. The summed E-state index contributed by atoms with van der Waals surface area (Å²) in [5, 5.41) is 9.60. The highest BCUT2D eigenvalue weighted by Crippen LogP contribution is 2.17. The third-order valence-corrected chi connectivity index (χ3v) is 3.10. The van der Waals surface area contributed by atoms with E-state index >= 15 is 0 Å². The summed E-state index contributed by atoms with van der Waals surface area (Å²) in [5.41, 5.74) is 1.14. The van der Waals surface area contributed by atoms with Crippen LogP contribution < -0.4 is 4.74 Å². The summed E-state index contributed by atoms with van der Waals surface area (Å²) in [7, 11) is 1.63. The first-order valence-electron chi connectivity index (χ1n) is 5.81. The maximum absolute atomic E-state index is 11.5. The van der Waals surface area contributed by atoms with Gasteiger partial charge in [0.2, 0.25) is 5.91 Å². The van der Waals surface area contributed by atoms with E-state index in [0.717, 1.165) is 17.7 Å². The molecule has 1 fully saturated rings. The number of likely N-dealkylation sites (tertiary alicyclic amines) is 1. The zero-order chi connectivity index (χ0) is 12.3. The number of ether oxygens (including phenoxy) is 1. The molecule has 17 heavy (non-hydrogen) atoms. The summed E-state index contributed by atoms with van der Waals surface area (Å²) < 4.78 is 5.08. The number of aliphatic hydroxyl groups is 1. The molecule has 0 saturated carbocycles. The van der Waals surface area contributed by atoms with Gasteiger partial charge in [-0.1, -0.05) is 12.1 Å². The molecule has 4 heteroatoms. The van der Waals surface area contributed by atoms with Gasteiger partial charge in [-0.2, -0.15) is 0 Å². The molecule has 0 aromatic heterocycles. The largest absolute Gasteiger partial charge is 0.497 e. The van der Waals surface area contributed by atoms with Gasteiger partial charge in [0, 0.05) is 19.4 Å². The second kappa shape index (κ2) is 5.19. The van der Waals surface area contributed by atoms with Gasteiger partial charge in [-0.25, -0.2) is 0 Å². The Morgan fingerprint density at radius 1 is 1.41 bits per heavy atom. The normalized spacial score (nSPS) is 19.8. The lowest BCUT2D eigenvalue weighted by molar-refractivity contribution is -0.133. The zero-order valence-electron chi connectivity index (χ0n) is 9.93. The van der Waals surface area contributed by atoms with Crippen molar-refractivity contribution >= 4 is 5.91 Å². The number of carbonyl (C=O) groups is 1. The van der Waals surface area contributed by atoms with Gasteiger partial charge < -0.3 is 14.7 Å². The smallest absolute Gasteiger partial charge is 0.224 e. The zero-order valence-corrected chi connectivity index (χ0v) is 9.93. The van der Waals surface area contributed by atoms with Crippen LogP contribution in [0.3, 0.4) is 0 Å². The topological polar surface area (TPSA) is 49.8 Å². The number of nitrogens with zero attached hydrogens (tertiary/aromatic N) is 1. The number of rotatable bonds is 4. The van der Waals surface area contributed by atoms with Gasteiger partial charge in [0.05, 0.1) is 7.11 Å². The average molecular weight is 235 g/mol. The SMILES string of the molecule is COc1ccc(CCN2C(=O)CCC2O)cc1. The molecule has 1 aromatic carbocycles. The molecule has 1 saturated heterocycles. The number of methoxy groups -OCH3 is 1. The molecule has 1 unspecified atom stereocenters. The Kier molecular flexibility index (Phi) is 3.64. The van der Waals surface area contributed by atoms with Crippen molar-refractivity contribution in [3.05, 3.63) is 29.8 Å². The fourth-order valence-electron chi connectivity index (χ4n) is 2.03. The second-order valence-corrected chi connectivity index (χ2v) is 4.20. The predicted molar refractivity (Wildman–Crippen MR) is 63.7 cm³/mol. The predicted octanol–water partition coefficient (Wildman–Crippen LogP) is 1.18. The molecule has 1 aliphatic heterocycles. The fraction of sp³-hybridized carbons (Fsp3) is 0.462. The molecule has 1 amide bonds. The minimum Gasteiger partial charge on any atom is -0.497 e. The maximum Gasteiger partial charge on any atom is 0.224 e. The molecule has 4 nitrogen and oxygen atoms in total. The van der Waals surface area contributed by atoms with E-state index < -0.39 is 6.23 Å². The van der Waals surface area contributed by atoms with Crippen molar-refractivity contribution in [3.63, 3.8) is 0 Å². The molecule has 1 aromatic rings.